The Bertz CT molecular complexity index is 439. The summed E-state index contributed by atoms with van der Waals surface area (Å²) >= 11 is 11.8. The van der Waals surface area contributed by atoms with Crippen LogP contribution < -0.4 is 0 Å². The van der Waals surface area contributed by atoms with Gasteiger partial charge in [-0.05, 0) is 31.8 Å². The van der Waals surface area contributed by atoms with E-state index in [0.717, 1.165) is 12.1 Å². The molecule has 106 valence electrons. The molecule has 0 radical (unpaired) electrons. The zero-order chi connectivity index (χ0) is 14.4. The monoisotopic (exact) mass is 304 g/mol. The quantitative estimate of drug-likeness (QED) is 0.840. The van der Waals surface area contributed by atoms with E-state index in [9.17, 15) is 4.79 Å². The van der Waals surface area contributed by atoms with Crippen LogP contribution in [-0.2, 0) is 11.3 Å². The number of carboxylic acid groups (broad SMARTS) is 1. The summed E-state index contributed by atoms with van der Waals surface area (Å²) in [4.78, 5) is 14.7. The van der Waals surface area contributed by atoms with Crippen molar-refractivity contribution < 1.29 is 9.90 Å². The number of hydrogen-bond acceptors (Lipinski definition) is 3. The SMILES string of the molecule is CN(C)CCN(CC(=O)O)Cc1ccc(Cl)c(Cl)c1. The summed E-state index contributed by atoms with van der Waals surface area (Å²) in [5.74, 6) is -0.834. The molecule has 0 heterocycles. The van der Waals surface area contributed by atoms with Crippen LogP contribution >= 0.6 is 23.2 Å². The zero-order valence-electron chi connectivity index (χ0n) is 11.1. The molecule has 0 aromatic heterocycles. The Hall–Kier alpha value is -0.810. The number of carboxylic acids is 1. The number of benzene rings is 1. The maximum Gasteiger partial charge on any atom is 0.317 e. The number of likely N-dealkylation sites (N-methyl/N-ethyl adjacent to an activating group) is 1. The molecular weight excluding hydrogens is 287 g/mol. The van der Waals surface area contributed by atoms with Crippen molar-refractivity contribution in [1.29, 1.82) is 0 Å². The van der Waals surface area contributed by atoms with E-state index in [4.69, 9.17) is 28.3 Å². The lowest BCUT2D eigenvalue weighted by Crippen LogP contribution is -2.35. The second-order valence-electron chi connectivity index (χ2n) is 4.66. The minimum atomic E-state index is -0.834. The van der Waals surface area contributed by atoms with E-state index in [2.05, 4.69) is 0 Å². The van der Waals surface area contributed by atoms with E-state index in [1.165, 1.54) is 0 Å². The molecule has 0 aliphatic carbocycles. The number of halogens is 2. The molecule has 1 aromatic rings. The molecule has 0 bridgehead atoms. The smallest absolute Gasteiger partial charge is 0.317 e. The third-order valence-electron chi connectivity index (χ3n) is 2.61. The van der Waals surface area contributed by atoms with Gasteiger partial charge in [0.2, 0.25) is 0 Å². The summed E-state index contributed by atoms with van der Waals surface area (Å²) in [6, 6.07) is 5.36. The molecule has 0 amide bonds. The van der Waals surface area contributed by atoms with Crippen LogP contribution in [0.25, 0.3) is 0 Å². The topological polar surface area (TPSA) is 43.8 Å². The van der Waals surface area contributed by atoms with Gasteiger partial charge < -0.3 is 10.0 Å². The van der Waals surface area contributed by atoms with Crippen molar-refractivity contribution in [3.63, 3.8) is 0 Å². The van der Waals surface area contributed by atoms with Crippen LogP contribution in [-0.4, -0.2) is 54.6 Å². The molecule has 0 saturated heterocycles. The van der Waals surface area contributed by atoms with Gasteiger partial charge in [0.1, 0.15) is 0 Å². The van der Waals surface area contributed by atoms with Crippen LogP contribution in [0, 0.1) is 0 Å². The highest BCUT2D eigenvalue weighted by molar-refractivity contribution is 6.42. The van der Waals surface area contributed by atoms with Gasteiger partial charge in [0.15, 0.2) is 0 Å². The van der Waals surface area contributed by atoms with Crippen LogP contribution in [0.5, 0.6) is 0 Å². The first-order valence-corrected chi connectivity index (χ1v) is 6.67. The molecule has 0 spiro atoms. The van der Waals surface area contributed by atoms with Crippen LogP contribution in [0.4, 0.5) is 0 Å². The highest BCUT2D eigenvalue weighted by Crippen LogP contribution is 2.23. The Morgan fingerprint density at radius 2 is 1.89 bits per heavy atom. The minimum Gasteiger partial charge on any atom is -0.480 e. The third-order valence-corrected chi connectivity index (χ3v) is 3.35. The summed E-state index contributed by atoms with van der Waals surface area (Å²) in [7, 11) is 3.91. The molecule has 0 saturated carbocycles. The largest absolute Gasteiger partial charge is 0.480 e. The Kier molecular flexibility index (Phi) is 6.58. The lowest BCUT2D eigenvalue weighted by atomic mass is 10.2. The fourth-order valence-electron chi connectivity index (χ4n) is 1.64. The van der Waals surface area contributed by atoms with Gasteiger partial charge in [0.25, 0.3) is 0 Å². The Labute approximate surface area is 123 Å². The summed E-state index contributed by atoms with van der Waals surface area (Å²) in [6.07, 6.45) is 0. The van der Waals surface area contributed by atoms with Gasteiger partial charge in [0, 0.05) is 19.6 Å². The average Bonchev–Trinajstić information content (AvgIpc) is 2.30. The molecule has 0 fully saturated rings. The molecule has 0 atom stereocenters. The molecular formula is C13H18Cl2N2O2. The fourth-order valence-corrected chi connectivity index (χ4v) is 1.96. The standard InChI is InChI=1S/C13H18Cl2N2O2/c1-16(2)5-6-17(9-13(18)19)8-10-3-4-11(14)12(15)7-10/h3-4,7H,5-6,8-9H2,1-2H3,(H,18,19). The summed E-state index contributed by atoms with van der Waals surface area (Å²) in [6.45, 7) is 2.03. The minimum absolute atomic E-state index is 0.00802. The molecule has 0 unspecified atom stereocenters. The second-order valence-corrected chi connectivity index (χ2v) is 5.47. The van der Waals surface area contributed by atoms with Gasteiger partial charge in [-0.3, -0.25) is 9.69 Å². The highest BCUT2D eigenvalue weighted by atomic mass is 35.5. The average molecular weight is 305 g/mol. The first kappa shape index (κ1) is 16.2. The molecule has 19 heavy (non-hydrogen) atoms. The summed E-state index contributed by atoms with van der Waals surface area (Å²) in [5, 5.41) is 9.91. The maximum absolute atomic E-state index is 10.9. The van der Waals surface area contributed by atoms with Crippen molar-refractivity contribution >= 4 is 29.2 Å². The van der Waals surface area contributed by atoms with Crippen LogP contribution in [0.3, 0.4) is 0 Å². The van der Waals surface area contributed by atoms with Gasteiger partial charge in [0.05, 0.1) is 16.6 Å². The number of nitrogens with zero attached hydrogens (tertiary/aromatic N) is 2. The van der Waals surface area contributed by atoms with Crippen molar-refractivity contribution in [3.8, 4) is 0 Å². The molecule has 1 N–H and O–H groups in total. The predicted octanol–water partition coefficient (Wildman–Crippen LogP) is 2.44. The number of hydrogen-bond donors (Lipinski definition) is 1. The maximum atomic E-state index is 10.9. The van der Waals surface area contributed by atoms with Gasteiger partial charge in [-0.25, -0.2) is 0 Å². The Morgan fingerprint density at radius 1 is 1.21 bits per heavy atom. The normalized spacial score (nSPS) is 11.3. The Morgan fingerprint density at radius 3 is 2.42 bits per heavy atom. The summed E-state index contributed by atoms with van der Waals surface area (Å²) in [5.41, 5.74) is 0.953. The van der Waals surface area contributed by atoms with Crippen LogP contribution in [0.1, 0.15) is 5.56 Å². The lowest BCUT2D eigenvalue weighted by Gasteiger charge is -2.22. The van der Waals surface area contributed by atoms with E-state index in [-0.39, 0.29) is 6.54 Å². The molecule has 4 nitrogen and oxygen atoms in total. The van der Waals surface area contributed by atoms with Crippen molar-refractivity contribution in [2.75, 3.05) is 33.7 Å². The second kappa shape index (κ2) is 7.70. The van der Waals surface area contributed by atoms with Gasteiger partial charge in [-0.2, -0.15) is 0 Å². The van der Waals surface area contributed by atoms with Crippen molar-refractivity contribution in [1.82, 2.24) is 9.80 Å². The number of aliphatic carboxylic acids is 1. The fraction of sp³-hybridized carbons (Fsp3) is 0.462. The molecule has 1 aromatic carbocycles. The van der Waals surface area contributed by atoms with Crippen molar-refractivity contribution in [2.45, 2.75) is 6.54 Å². The van der Waals surface area contributed by atoms with E-state index in [0.29, 0.717) is 23.1 Å². The van der Waals surface area contributed by atoms with Crippen molar-refractivity contribution in [3.05, 3.63) is 33.8 Å². The lowest BCUT2D eigenvalue weighted by molar-refractivity contribution is -0.138. The number of rotatable bonds is 7. The summed E-state index contributed by atoms with van der Waals surface area (Å²) < 4.78 is 0. The highest BCUT2D eigenvalue weighted by Gasteiger charge is 2.11. The van der Waals surface area contributed by atoms with Crippen LogP contribution in [0.15, 0.2) is 18.2 Å². The predicted molar refractivity (Wildman–Crippen MR) is 77.9 cm³/mol. The molecule has 0 aliphatic heterocycles. The number of carbonyl (C=O) groups is 1. The van der Waals surface area contributed by atoms with E-state index in [1.54, 1.807) is 12.1 Å². The van der Waals surface area contributed by atoms with Gasteiger partial charge >= 0.3 is 5.97 Å². The van der Waals surface area contributed by atoms with E-state index < -0.39 is 5.97 Å². The van der Waals surface area contributed by atoms with E-state index in [1.807, 2.05) is 30.0 Å². The first-order valence-electron chi connectivity index (χ1n) is 5.91. The van der Waals surface area contributed by atoms with Gasteiger partial charge in [-0.15, -0.1) is 0 Å². The molecule has 0 aliphatic rings. The Balaban J connectivity index is 2.69. The molecule has 6 heteroatoms. The first-order chi connectivity index (χ1) is 8.88. The third kappa shape index (κ3) is 6.25. The zero-order valence-corrected chi connectivity index (χ0v) is 12.6. The van der Waals surface area contributed by atoms with E-state index >= 15 is 0 Å². The van der Waals surface area contributed by atoms with Gasteiger partial charge in [-0.1, -0.05) is 29.3 Å². The van der Waals surface area contributed by atoms with Crippen LogP contribution in [0.2, 0.25) is 10.0 Å². The van der Waals surface area contributed by atoms with Crippen molar-refractivity contribution in [2.24, 2.45) is 0 Å². The molecule has 1 rings (SSSR count).